The quantitative estimate of drug-likeness (QED) is 0.191. The van der Waals surface area contributed by atoms with E-state index in [4.69, 9.17) is 9.05 Å². The molecular weight excluding hydrogens is 623 g/mol. The second-order valence-electron chi connectivity index (χ2n) is 13.4. The number of aryl methyl sites for hydroxylation is 2. The van der Waals surface area contributed by atoms with Crippen LogP contribution < -0.4 is 9.05 Å². The fourth-order valence-corrected chi connectivity index (χ4v) is 9.19. The minimum Gasteiger partial charge on any atom is -0.394 e. The molecule has 0 saturated heterocycles. The molecular formula is C44H37O4P. The normalized spacial score (nSPS) is 15.8. The fraction of sp³-hybridized carbons (Fsp3) is 0.182. The maximum absolute atomic E-state index is 14.3. The molecule has 0 aromatic heterocycles. The third-order valence-corrected chi connectivity index (χ3v) is 11.3. The Hall–Kier alpha value is -4.89. The van der Waals surface area contributed by atoms with Gasteiger partial charge in [-0.25, -0.2) is 4.57 Å². The molecule has 0 radical (unpaired) electrons. The maximum atomic E-state index is 14.3. The smallest absolute Gasteiger partial charge is 0.394 e. The molecule has 1 N–H and O–H groups in total. The lowest BCUT2D eigenvalue weighted by Crippen LogP contribution is -2.10. The van der Waals surface area contributed by atoms with Crippen molar-refractivity contribution in [3.8, 4) is 67.1 Å². The molecule has 6 aromatic carbocycles. The van der Waals surface area contributed by atoms with Gasteiger partial charge in [-0.05, 0) is 119 Å². The minimum absolute atomic E-state index is 0.454. The van der Waals surface area contributed by atoms with Crippen LogP contribution in [0.2, 0.25) is 0 Å². The number of phosphoric acid groups is 1. The van der Waals surface area contributed by atoms with Crippen molar-refractivity contribution < 1.29 is 18.5 Å². The minimum atomic E-state index is -4.64. The number of fused-ring (bicyclic) bond motifs is 7. The van der Waals surface area contributed by atoms with Gasteiger partial charge in [-0.15, -0.1) is 0 Å². The van der Waals surface area contributed by atoms with Gasteiger partial charge in [-0.2, -0.15) is 0 Å². The van der Waals surface area contributed by atoms with Gasteiger partial charge in [0.15, 0.2) is 0 Å². The van der Waals surface area contributed by atoms with Gasteiger partial charge in [0, 0.05) is 22.3 Å². The Labute approximate surface area is 287 Å². The Morgan fingerprint density at radius 2 is 0.816 bits per heavy atom. The van der Waals surface area contributed by atoms with E-state index in [2.05, 4.69) is 60.7 Å². The van der Waals surface area contributed by atoms with E-state index in [0.717, 1.165) is 107 Å². The zero-order chi connectivity index (χ0) is 33.0. The zero-order valence-corrected chi connectivity index (χ0v) is 28.2. The summed E-state index contributed by atoms with van der Waals surface area (Å²) in [5.74, 6) is 0.907. The zero-order valence-electron chi connectivity index (χ0n) is 27.3. The van der Waals surface area contributed by atoms with Gasteiger partial charge < -0.3 is 9.05 Å². The van der Waals surface area contributed by atoms with Gasteiger partial charge in [0.05, 0.1) is 0 Å². The molecule has 49 heavy (non-hydrogen) atoms. The highest BCUT2D eigenvalue weighted by molar-refractivity contribution is 7.48. The summed E-state index contributed by atoms with van der Waals surface area (Å²) in [5, 5.41) is 0. The summed E-state index contributed by atoms with van der Waals surface area (Å²) >= 11 is 0. The topological polar surface area (TPSA) is 55.8 Å². The second-order valence-corrected chi connectivity index (χ2v) is 14.7. The standard InChI is InChI=1S/C44H37O4P/c45-49(46)47-43-39(37-25-13-11-21-33(37)29-15-3-1-4-16-29)27-31-19-7-9-23-35(31)41(43)42-36-24-10-8-20-32(36)28-40(44(42)48-49)38-26-14-12-22-34(38)30-17-5-2-6-18-30/h1-6,11-18,21-22,25-28H,7-10,19-20,23-24H2,(H,45,46). The Morgan fingerprint density at radius 3 is 1.24 bits per heavy atom. The van der Waals surface area contributed by atoms with Crippen LogP contribution in [0.4, 0.5) is 0 Å². The van der Waals surface area contributed by atoms with Crippen molar-refractivity contribution in [3.05, 3.63) is 144 Å². The molecule has 0 spiro atoms. The summed E-state index contributed by atoms with van der Waals surface area (Å²) in [7, 11) is -4.64. The third-order valence-electron chi connectivity index (χ3n) is 10.5. The molecule has 6 aromatic rings. The van der Waals surface area contributed by atoms with Crippen molar-refractivity contribution in [2.75, 3.05) is 0 Å². The molecule has 5 heteroatoms. The van der Waals surface area contributed by atoms with Crippen molar-refractivity contribution in [3.63, 3.8) is 0 Å². The number of rotatable bonds is 4. The highest BCUT2D eigenvalue weighted by atomic mass is 31.2. The van der Waals surface area contributed by atoms with Crippen LogP contribution in [-0.2, 0) is 30.2 Å². The first-order valence-corrected chi connectivity index (χ1v) is 18.9. The van der Waals surface area contributed by atoms with Crippen LogP contribution >= 0.6 is 7.82 Å². The molecule has 0 amide bonds. The van der Waals surface area contributed by atoms with Crippen LogP contribution in [0.5, 0.6) is 11.5 Å². The van der Waals surface area contributed by atoms with Crippen molar-refractivity contribution in [2.45, 2.75) is 51.4 Å². The molecule has 2 aliphatic carbocycles. The van der Waals surface area contributed by atoms with E-state index in [1.54, 1.807) is 0 Å². The van der Waals surface area contributed by atoms with E-state index in [-0.39, 0.29) is 0 Å². The number of hydrogen-bond donors (Lipinski definition) is 1. The summed E-state index contributed by atoms with van der Waals surface area (Å²) in [6.07, 6.45) is 8.01. The fourth-order valence-electron chi connectivity index (χ4n) is 8.31. The SMILES string of the molecule is O=P1(O)Oc2c(-c3ccccc3-c3ccccc3)cc3c(c2-c2c4c(cc(-c5ccccc5-c5ccccc5)c2O1)CCCC4)CCCC3. The monoisotopic (exact) mass is 660 g/mol. The molecule has 0 fully saturated rings. The first-order chi connectivity index (χ1) is 24.1. The summed E-state index contributed by atoms with van der Waals surface area (Å²) in [6, 6.07) is 41.7. The van der Waals surface area contributed by atoms with Crippen molar-refractivity contribution in [2.24, 2.45) is 0 Å². The van der Waals surface area contributed by atoms with Crippen LogP contribution in [0.1, 0.15) is 47.9 Å². The van der Waals surface area contributed by atoms with Gasteiger partial charge in [0.25, 0.3) is 0 Å². The second kappa shape index (κ2) is 12.2. The van der Waals surface area contributed by atoms with Gasteiger partial charge in [0.2, 0.25) is 0 Å². The first-order valence-electron chi connectivity index (χ1n) is 17.5. The Bertz CT molecular complexity index is 2120. The van der Waals surface area contributed by atoms with Gasteiger partial charge in [0.1, 0.15) is 11.5 Å². The lowest BCUT2D eigenvalue weighted by molar-refractivity contribution is 0.295. The number of hydrogen-bond acceptors (Lipinski definition) is 3. The summed E-state index contributed by atoms with van der Waals surface area (Å²) in [4.78, 5) is 11.7. The molecule has 4 nitrogen and oxygen atoms in total. The van der Waals surface area contributed by atoms with E-state index in [9.17, 15) is 9.46 Å². The molecule has 0 atom stereocenters. The Kier molecular flexibility index (Phi) is 7.53. The van der Waals surface area contributed by atoms with E-state index >= 15 is 0 Å². The van der Waals surface area contributed by atoms with Crippen LogP contribution in [0.15, 0.2) is 121 Å². The molecule has 9 rings (SSSR count). The molecule has 0 saturated carbocycles. The molecule has 1 heterocycles. The number of phosphoric ester groups is 1. The Morgan fingerprint density at radius 1 is 0.449 bits per heavy atom. The molecule has 3 aliphatic rings. The van der Waals surface area contributed by atoms with Crippen molar-refractivity contribution in [1.82, 2.24) is 0 Å². The van der Waals surface area contributed by atoms with Crippen LogP contribution in [-0.4, -0.2) is 4.89 Å². The molecule has 0 unspecified atom stereocenters. The van der Waals surface area contributed by atoms with E-state index in [1.165, 1.54) is 22.3 Å². The third kappa shape index (κ3) is 5.31. The lowest BCUT2D eigenvalue weighted by Gasteiger charge is -2.28. The van der Waals surface area contributed by atoms with Crippen LogP contribution in [0, 0.1) is 0 Å². The highest BCUT2D eigenvalue weighted by Crippen LogP contribution is 2.62. The van der Waals surface area contributed by atoms with E-state index in [1.807, 2.05) is 60.7 Å². The molecule has 1 aliphatic heterocycles. The summed E-state index contributed by atoms with van der Waals surface area (Å²) < 4.78 is 27.0. The average molecular weight is 661 g/mol. The molecule has 242 valence electrons. The predicted molar refractivity (Wildman–Crippen MR) is 198 cm³/mol. The maximum Gasteiger partial charge on any atom is 0.584 e. The first kappa shape index (κ1) is 30.2. The molecule has 0 bridgehead atoms. The van der Waals surface area contributed by atoms with E-state index in [0.29, 0.717) is 11.5 Å². The highest BCUT2D eigenvalue weighted by Gasteiger charge is 2.40. The van der Waals surface area contributed by atoms with E-state index < -0.39 is 7.82 Å². The Balaban J connectivity index is 1.40. The van der Waals surface area contributed by atoms with Gasteiger partial charge in [-0.3, -0.25) is 4.89 Å². The average Bonchev–Trinajstić information content (AvgIpc) is 3.28. The van der Waals surface area contributed by atoms with Crippen LogP contribution in [0.25, 0.3) is 55.6 Å². The largest absolute Gasteiger partial charge is 0.584 e. The lowest BCUT2D eigenvalue weighted by atomic mass is 9.76. The van der Waals surface area contributed by atoms with Gasteiger partial charge >= 0.3 is 7.82 Å². The van der Waals surface area contributed by atoms with Crippen molar-refractivity contribution >= 4 is 7.82 Å². The number of benzene rings is 6. The summed E-state index contributed by atoms with van der Waals surface area (Å²) in [6.45, 7) is 0. The van der Waals surface area contributed by atoms with Gasteiger partial charge in [-0.1, -0.05) is 109 Å². The predicted octanol–water partition coefficient (Wildman–Crippen LogP) is 11.7. The van der Waals surface area contributed by atoms with Crippen LogP contribution in [0.3, 0.4) is 0 Å². The summed E-state index contributed by atoms with van der Waals surface area (Å²) in [5.41, 5.74) is 14.8. The van der Waals surface area contributed by atoms with Crippen molar-refractivity contribution in [1.29, 1.82) is 0 Å².